The summed E-state index contributed by atoms with van der Waals surface area (Å²) in [5.41, 5.74) is 0. The summed E-state index contributed by atoms with van der Waals surface area (Å²) < 4.78 is 4.70. The highest BCUT2D eigenvalue weighted by atomic mass is 16.5. The molecule has 0 aromatic heterocycles. The van der Waals surface area contributed by atoms with Crippen molar-refractivity contribution < 1.29 is 14.3 Å². The molecule has 0 aromatic rings. The molecule has 0 aliphatic rings. The maximum Gasteiger partial charge on any atom is 0.312 e. The zero-order valence-corrected chi connectivity index (χ0v) is 9.95. The maximum absolute atomic E-state index is 11.4. The fraction of sp³-hybridized carbons (Fsp3) is 0.667. The molecule has 0 heterocycles. The van der Waals surface area contributed by atoms with E-state index in [9.17, 15) is 9.59 Å². The van der Waals surface area contributed by atoms with Gasteiger partial charge in [0.1, 0.15) is 5.78 Å². The van der Waals surface area contributed by atoms with Gasteiger partial charge in [-0.2, -0.15) is 0 Å². The fourth-order valence-electron chi connectivity index (χ4n) is 1.47. The molecule has 0 aliphatic carbocycles. The third-order valence-electron chi connectivity index (χ3n) is 2.43. The van der Waals surface area contributed by atoms with Crippen LogP contribution < -0.4 is 0 Å². The molecule has 0 unspecified atom stereocenters. The number of esters is 1. The highest BCUT2D eigenvalue weighted by Gasteiger charge is 2.24. The minimum atomic E-state index is -0.310. The van der Waals surface area contributed by atoms with Gasteiger partial charge in [-0.15, -0.1) is 0 Å². The second-order valence-corrected chi connectivity index (χ2v) is 3.65. The van der Waals surface area contributed by atoms with Crippen LogP contribution >= 0.6 is 0 Å². The summed E-state index contributed by atoms with van der Waals surface area (Å²) in [6.45, 7) is 5.58. The van der Waals surface area contributed by atoms with Crippen molar-refractivity contribution in [3.8, 4) is 0 Å². The lowest BCUT2D eigenvalue weighted by Crippen LogP contribution is -2.23. The largest absolute Gasteiger partial charge is 0.469 e. The first-order chi connectivity index (χ1) is 7.06. The molecule has 0 N–H and O–H groups in total. The minimum absolute atomic E-state index is 0.00102. The second kappa shape index (κ2) is 7.21. The number of methoxy groups -OCH3 is 1. The molecule has 0 bridgehead atoms. The van der Waals surface area contributed by atoms with Gasteiger partial charge in [-0.1, -0.05) is 26.0 Å². The van der Waals surface area contributed by atoms with Crippen molar-refractivity contribution in [2.45, 2.75) is 33.6 Å². The van der Waals surface area contributed by atoms with E-state index in [0.29, 0.717) is 12.8 Å². The standard InChI is InChI=1S/C12H20O3/c1-5-7-11(12(14)15-4)9(3)8-10(13)6-2/h5,7,9,11H,6,8H2,1-4H3/b7-5+/t9-,11+/m1/s1. The molecule has 0 radical (unpaired) electrons. The summed E-state index contributed by atoms with van der Waals surface area (Å²) in [4.78, 5) is 22.7. The van der Waals surface area contributed by atoms with Gasteiger partial charge in [0.05, 0.1) is 13.0 Å². The minimum Gasteiger partial charge on any atom is -0.469 e. The SMILES string of the molecule is C/C=C/[C@H](C(=O)OC)[C@H](C)CC(=O)CC. The van der Waals surface area contributed by atoms with Gasteiger partial charge in [0.15, 0.2) is 0 Å². The van der Waals surface area contributed by atoms with Gasteiger partial charge in [0.2, 0.25) is 0 Å². The zero-order chi connectivity index (χ0) is 11.8. The number of Topliss-reactive ketones (excluding diaryl/α,β-unsaturated/α-hetero) is 1. The molecule has 0 fully saturated rings. The summed E-state index contributed by atoms with van der Waals surface area (Å²) in [7, 11) is 1.37. The predicted octanol–water partition coefficient (Wildman–Crippen LogP) is 2.36. The second-order valence-electron chi connectivity index (χ2n) is 3.65. The first-order valence-electron chi connectivity index (χ1n) is 5.29. The Morgan fingerprint density at radius 3 is 2.40 bits per heavy atom. The van der Waals surface area contributed by atoms with Crippen molar-refractivity contribution in [3.05, 3.63) is 12.2 Å². The molecule has 86 valence electrons. The topological polar surface area (TPSA) is 43.4 Å². The van der Waals surface area contributed by atoms with Gasteiger partial charge in [0, 0.05) is 12.8 Å². The van der Waals surface area contributed by atoms with Gasteiger partial charge in [-0.05, 0) is 12.8 Å². The van der Waals surface area contributed by atoms with Gasteiger partial charge in [-0.3, -0.25) is 9.59 Å². The number of ether oxygens (including phenoxy) is 1. The number of allylic oxidation sites excluding steroid dienone is 1. The van der Waals surface area contributed by atoms with Gasteiger partial charge < -0.3 is 4.74 Å². The summed E-state index contributed by atoms with van der Waals surface area (Å²) in [6.07, 6.45) is 4.56. The Morgan fingerprint density at radius 1 is 1.40 bits per heavy atom. The summed E-state index contributed by atoms with van der Waals surface area (Å²) in [6, 6.07) is 0. The normalized spacial score (nSPS) is 14.9. The molecule has 0 rings (SSSR count). The lowest BCUT2D eigenvalue weighted by molar-refractivity contribution is -0.145. The molecular weight excluding hydrogens is 192 g/mol. The summed E-state index contributed by atoms with van der Waals surface area (Å²) >= 11 is 0. The smallest absolute Gasteiger partial charge is 0.312 e. The molecule has 0 saturated carbocycles. The van der Waals surface area contributed by atoms with Gasteiger partial charge >= 0.3 is 5.97 Å². The number of ketones is 1. The van der Waals surface area contributed by atoms with Crippen LogP contribution in [0.5, 0.6) is 0 Å². The molecule has 15 heavy (non-hydrogen) atoms. The molecule has 3 nitrogen and oxygen atoms in total. The van der Waals surface area contributed by atoms with Crippen molar-refractivity contribution in [1.82, 2.24) is 0 Å². The predicted molar refractivity (Wildman–Crippen MR) is 59.4 cm³/mol. The Morgan fingerprint density at radius 2 is 2.00 bits per heavy atom. The molecule has 0 saturated heterocycles. The molecule has 0 aliphatic heterocycles. The van der Waals surface area contributed by atoms with E-state index in [1.54, 1.807) is 6.08 Å². The molecule has 0 spiro atoms. The first-order valence-corrected chi connectivity index (χ1v) is 5.29. The van der Waals surface area contributed by atoms with Crippen LogP contribution in [0.4, 0.5) is 0 Å². The van der Waals surface area contributed by atoms with E-state index < -0.39 is 0 Å². The lowest BCUT2D eigenvalue weighted by Gasteiger charge is -2.17. The van der Waals surface area contributed by atoms with E-state index >= 15 is 0 Å². The number of rotatable bonds is 6. The van der Waals surface area contributed by atoms with Crippen LogP contribution in [-0.2, 0) is 14.3 Å². The van der Waals surface area contributed by atoms with E-state index in [0.717, 1.165) is 0 Å². The van der Waals surface area contributed by atoms with E-state index in [-0.39, 0.29) is 23.6 Å². The average molecular weight is 212 g/mol. The number of carbonyl (C=O) groups is 2. The maximum atomic E-state index is 11.4. The quantitative estimate of drug-likeness (QED) is 0.501. The summed E-state index contributed by atoms with van der Waals surface area (Å²) in [5.74, 6) is -0.401. The van der Waals surface area contributed by atoms with Crippen LogP contribution in [-0.4, -0.2) is 18.9 Å². The summed E-state index contributed by atoms with van der Waals surface area (Å²) in [5, 5.41) is 0. The molecule has 3 heteroatoms. The van der Waals surface area contributed by atoms with Crippen molar-refractivity contribution >= 4 is 11.8 Å². The molecule has 2 atom stereocenters. The molecule has 0 aromatic carbocycles. The Labute approximate surface area is 91.5 Å². The Hall–Kier alpha value is -1.12. The lowest BCUT2D eigenvalue weighted by atomic mass is 9.89. The highest BCUT2D eigenvalue weighted by Crippen LogP contribution is 2.19. The van der Waals surface area contributed by atoms with Crippen molar-refractivity contribution in [2.75, 3.05) is 7.11 Å². The average Bonchev–Trinajstić information content (AvgIpc) is 2.24. The van der Waals surface area contributed by atoms with E-state index in [2.05, 4.69) is 0 Å². The van der Waals surface area contributed by atoms with Crippen molar-refractivity contribution in [3.63, 3.8) is 0 Å². The third kappa shape index (κ3) is 4.77. The Balaban J connectivity index is 4.48. The Kier molecular flexibility index (Phi) is 6.67. The van der Waals surface area contributed by atoms with Crippen LogP contribution in [0.2, 0.25) is 0 Å². The highest BCUT2D eigenvalue weighted by molar-refractivity contribution is 5.80. The van der Waals surface area contributed by atoms with Crippen molar-refractivity contribution in [1.29, 1.82) is 0 Å². The van der Waals surface area contributed by atoms with Crippen LogP contribution in [0.25, 0.3) is 0 Å². The van der Waals surface area contributed by atoms with Crippen molar-refractivity contribution in [2.24, 2.45) is 11.8 Å². The van der Waals surface area contributed by atoms with Crippen LogP contribution in [0, 0.1) is 11.8 Å². The van der Waals surface area contributed by atoms with Gasteiger partial charge in [-0.25, -0.2) is 0 Å². The number of hydrogen-bond acceptors (Lipinski definition) is 3. The number of carbonyl (C=O) groups excluding carboxylic acids is 2. The molecule has 0 amide bonds. The van der Waals surface area contributed by atoms with Crippen LogP contribution in [0.3, 0.4) is 0 Å². The zero-order valence-electron chi connectivity index (χ0n) is 9.95. The Bertz CT molecular complexity index is 243. The fourth-order valence-corrected chi connectivity index (χ4v) is 1.47. The first kappa shape index (κ1) is 13.9. The third-order valence-corrected chi connectivity index (χ3v) is 2.43. The number of hydrogen-bond donors (Lipinski definition) is 0. The monoisotopic (exact) mass is 212 g/mol. The van der Waals surface area contributed by atoms with Gasteiger partial charge in [0.25, 0.3) is 0 Å². The van der Waals surface area contributed by atoms with E-state index in [1.165, 1.54) is 7.11 Å². The van der Waals surface area contributed by atoms with Crippen LogP contribution in [0.1, 0.15) is 33.6 Å². The van der Waals surface area contributed by atoms with E-state index in [1.807, 2.05) is 26.8 Å². The molecular formula is C12H20O3. The van der Waals surface area contributed by atoms with Crippen LogP contribution in [0.15, 0.2) is 12.2 Å². The van der Waals surface area contributed by atoms with E-state index in [4.69, 9.17) is 4.74 Å².